The van der Waals surface area contributed by atoms with Crippen molar-refractivity contribution in [2.24, 2.45) is 0 Å². The average molecular weight is 437 g/mol. The molecular formula is C23H24N4O3S. The van der Waals surface area contributed by atoms with Crippen LogP contribution in [0.2, 0.25) is 0 Å². The highest BCUT2D eigenvalue weighted by atomic mass is 32.1. The summed E-state index contributed by atoms with van der Waals surface area (Å²) >= 11 is 1.14. The van der Waals surface area contributed by atoms with Crippen molar-refractivity contribution in [2.75, 3.05) is 26.7 Å². The molecule has 3 N–H and O–H groups in total. The summed E-state index contributed by atoms with van der Waals surface area (Å²) in [6.07, 6.45) is 0.342. The third-order valence-corrected chi connectivity index (χ3v) is 6.74. The number of nitrogens with one attached hydrogen (secondary N) is 2. The number of benzene rings is 2. The van der Waals surface area contributed by atoms with E-state index in [0.717, 1.165) is 33.7 Å². The highest BCUT2D eigenvalue weighted by Gasteiger charge is 2.34. The number of carbonyl (C=O) groups is 1. The van der Waals surface area contributed by atoms with Crippen LogP contribution >= 0.6 is 11.3 Å². The molecule has 0 aliphatic carbocycles. The third kappa shape index (κ3) is 4.54. The van der Waals surface area contributed by atoms with Gasteiger partial charge in [0.15, 0.2) is 0 Å². The van der Waals surface area contributed by atoms with Crippen molar-refractivity contribution in [2.45, 2.75) is 24.4 Å². The molecule has 8 heteroatoms. The minimum absolute atomic E-state index is 0.132. The number of aromatic amines is 1. The molecule has 0 radical (unpaired) electrons. The number of aliphatic hydroxyl groups excluding tert-OH is 1. The molecule has 1 fully saturated rings. The van der Waals surface area contributed by atoms with Gasteiger partial charge in [0, 0.05) is 32.6 Å². The molecule has 1 aromatic heterocycles. The summed E-state index contributed by atoms with van der Waals surface area (Å²) in [7, 11) is 1.61. The Kier molecular flexibility index (Phi) is 6.18. The molecule has 0 saturated carbocycles. The lowest BCUT2D eigenvalue weighted by molar-refractivity contribution is -0.122. The molecule has 7 nitrogen and oxygen atoms in total. The SMILES string of the molecule is CNC(=O)C(c1ccc2sc(=O)[nH]c2c1)[C@H](CN1CC[C@H](O)C1)c1cccc(C#N)c1. The van der Waals surface area contributed by atoms with Crippen LogP contribution in [-0.2, 0) is 4.79 Å². The van der Waals surface area contributed by atoms with Gasteiger partial charge in [0.1, 0.15) is 0 Å². The van der Waals surface area contributed by atoms with Gasteiger partial charge in [-0.25, -0.2) is 0 Å². The second-order valence-electron chi connectivity index (χ2n) is 7.91. The number of hydrogen-bond donors (Lipinski definition) is 3. The van der Waals surface area contributed by atoms with Gasteiger partial charge >= 0.3 is 4.87 Å². The van der Waals surface area contributed by atoms with E-state index in [2.05, 4.69) is 21.3 Å². The lowest BCUT2D eigenvalue weighted by Gasteiger charge is -2.30. The molecule has 3 atom stereocenters. The number of rotatable bonds is 6. The number of nitrogens with zero attached hydrogens (tertiary/aromatic N) is 2. The highest BCUT2D eigenvalue weighted by molar-refractivity contribution is 7.16. The van der Waals surface area contributed by atoms with Crippen LogP contribution in [0.15, 0.2) is 47.3 Å². The molecular weight excluding hydrogens is 412 g/mol. The van der Waals surface area contributed by atoms with Crippen LogP contribution in [0.3, 0.4) is 0 Å². The first-order valence-corrected chi connectivity index (χ1v) is 11.0. The van der Waals surface area contributed by atoms with Crippen LogP contribution in [-0.4, -0.2) is 53.7 Å². The number of likely N-dealkylation sites (tertiary alicyclic amines) is 1. The van der Waals surface area contributed by atoms with Gasteiger partial charge in [-0.15, -0.1) is 0 Å². The zero-order valence-corrected chi connectivity index (χ0v) is 18.0. The number of aliphatic hydroxyl groups is 1. The van der Waals surface area contributed by atoms with Crippen LogP contribution in [0.25, 0.3) is 10.2 Å². The summed E-state index contributed by atoms with van der Waals surface area (Å²) in [6, 6.07) is 15.2. The largest absolute Gasteiger partial charge is 0.392 e. The molecule has 4 rings (SSSR count). The Morgan fingerprint density at radius 1 is 1.35 bits per heavy atom. The van der Waals surface area contributed by atoms with Crippen molar-refractivity contribution in [1.29, 1.82) is 5.26 Å². The Hall–Kier alpha value is -2.99. The van der Waals surface area contributed by atoms with Gasteiger partial charge in [0.2, 0.25) is 5.91 Å². The second-order valence-corrected chi connectivity index (χ2v) is 8.92. The maximum absolute atomic E-state index is 13.1. The highest BCUT2D eigenvalue weighted by Crippen LogP contribution is 2.36. The van der Waals surface area contributed by atoms with Gasteiger partial charge in [-0.2, -0.15) is 5.26 Å². The maximum atomic E-state index is 13.1. The molecule has 1 amide bonds. The molecule has 2 heterocycles. The molecule has 2 aromatic carbocycles. The predicted octanol–water partition coefficient (Wildman–Crippen LogP) is 2.14. The van der Waals surface area contributed by atoms with Crippen molar-refractivity contribution in [1.82, 2.24) is 15.2 Å². The average Bonchev–Trinajstić information content (AvgIpc) is 3.36. The van der Waals surface area contributed by atoms with Crippen molar-refractivity contribution in [3.63, 3.8) is 0 Å². The first kappa shape index (κ1) is 21.2. The number of aromatic nitrogens is 1. The topological polar surface area (TPSA) is 109 Å². The first-order valence-electron chi connectivity index (χ1n) is 10.2. The minimum atomic E-state index is -0.524. The van der Waals surface area contributed by atoms with Crippen LogP contribution in [0.1, 0.15) is 34.9 Å². The number of nitriles is 1. The van der Waals surface area contributed by atoms with Gasteiger partial charge in [0.05, 0.1) is 33.9 Å². The standard InChI is InChI=1S/C23H24N4O3S/c1-25-22(29)21(16-5-6-20-19(10-16)26-23(30)31-20)18(13-27-8-7-17(28)12-27)15-4-2-3-14(9-15)11-24/h2-6,9-10,17-18,21,28H,7-8,12-13H2,1H3,(H,25,29)(H,26,30)/t17-,18+,21?/m0/s1. The lowest BCUT2D eigenvalue weighted by atomic mass is 9.80. The van der Waals surface area contributed by atoms with Gasteiger partial charge < -0.3 is 20.3 Å². The van der Waals surface area contributed by atoms with E-state index < -0.39 is 5.92 Å². The number of H-pyrrole nitrogens is 1. The zero-order valence-electron chi connectivity index (χ0n) is 17.2. The number of hydrogen-bond acceptors (Lipinski definition) is 6. The quantitative estimate of drug-likeness (QED) is 0.549. The van der Waals surface area contributed by atoms with Crippen LogP contribution in [0, 0.1) is 11.3 Å². The van der Waals surface area contributed by atoms with E-state index in [9.17, 15) is 20.0 Å². The van der Waals surface area contributed by atoms with E-state index in [-0.39, 0.29) is 22.8 Å². The van der Waals surface area contributed by atoms with Gasteiger partial charge in [-0.3, -0.25) is 9.59 Å². The van der Waals surface area contributed by atoms with E-state index in [4.69, 9.17) is 0 Å². The number of thiazole rings is 1. The van der Waals surface area contributed by atoms with E-state index in [1.165, 1.54) is 0 Å². The lowest BCUT2D eigenvalue weighted by Crippen LogP contribution is -2.36. The molecule has 31 heavy (non-hydrogen) atoms. The summed E-state index contributed by atoms with van der Waals surface area (Å²) in [5.74, 6) is -0.894. The number of β-amino-alcohol motifs (C(OH)–C–C–N with tert-alkyl or cyclic N) is 1. The smallest absolute Gasteiger partial charge is 0.305 e. The van der Waals surface area contributed by atoms with Gasteiger partial charge in [-0.1, -0.05) is 29.5 Å². The van der Waals surface area contributed by atoms with Crippen LogP contribution in [0.5, 0.6) is 0 Å². The fourth-order valence-corrected chi connectivity index (χ4v) is 5.10. The number of likely N-dealkylation sites (N-methyl/N-ethyl adjacent to an activating group) is 1. The van der Waals surface area contributed by atoms with E-state index in [1.54, 1.807) is 13.1 Å². The third-order valence-electron chi connectivity index (χ3n) is 5.88. The molecule has 1 aliphatic heterocycles. The second kappa shape index (κ2) is 9.02. The number of carbonyl (C=O) groups excluding carboxylic acids is 1. The Bertz CT molecular complexity index is 1200. The van der Waals surface area contributed by atoms with Crippen molar-refractivity contribution < 1.29 is 9.90 Å². The Labute approximate surface area is 183 Å². The monoisotopic (exact) mass is 436 g/mol. The molecule has 1 aliphatic rings. The van der Waals surface area contributed by atoms with Crippen molar-refractivity contribution in [3.05, 3.63) is 68.8 Å². The molecule has 1 saturated heterocycles. The van der Waals surface area contributed by atoms with E-state index in [1.807, 2.05) is 36.4 Å². The molecule has 0 spiro atoms. The summed E-state index contributed by atoms with van der Waals surface area (Å²) < 4.78 is 0.843. The van der Waals surface area contributed by atoms with E-state index >= 15 is 0 Å². The first-order chi connectivity index (χ1) is 15.0. The summed E-state index contributed by atoms with van der Waals surface area (Å²) in [6.45, 7) is 1.89. The minimum Gasteiger partial charge on any atom is -0.392 e. The van der Waals surface area contributed by atoms with Crippen molar-refractivity contribution in [3.8, 4) is 6.07 Å². The van der Waals surface area contributed by atoms with Gasteiger partial charge in [0.25, 0.3) is 0 Å². The van der Waals surface area contributed by atoms with Crippen LogP contribution < -0.4 is 10.2 Å². The summed E-state index contributed by atoms with van der Waals surface area (Å²) in [4.78, 5) is 29.8. The Morgan fingerprint density at radius 3 is 2.90 bits per heavy atom. The Morgan fingerprint density at radius 2 is 2.19 bits per heavy atom. The van der Waals surface area contributed by atoms with Crippen LogP contribution in [0.4, 0.5) is 0 Å². The molecule has 3 aromatic rings. The number of fused-ring (bicyclic) bond motifs is 1. The Balaban J connectivity index is 1.80. The van der Waals surface area contributed by atoms with Gasteiger partial charge in [-0.05, 0) is 41.8 Å². The molecule has 160 valence electrons. The fourth-order valence-electron chi connectivity index (χ4n) is 4.38. The summed E-state index contributed by atoms with van der Waals surface area (Å²) in [5.41, 5.74) is 2.95. The number of amides is 1. The predicted molar refractivity (Wildman–Crippen MR) is 120 cm³/mol. The fraction of sp³-hybridized carbons (Fsp3) is 0.348. The summed E-state index contributed by atoms with van der Waals surface area (Å²) in [5, 5.41) is 22.2. The zero-order chi connectivity index (χ0) is 22.0. The normalized spacial score (nSPS) is 18.5. The molecule has 0 bridgehead atoms. The maximum Gasteiger partial charge on any atom is 0.305 e. The molecule has 1 unspecified atom stereocenters. The van der Waals surface area contributed by atoms with Crippen molar-refractivity contribution >= 4 is 27.5 Å². The van der Waals surface area contributed by atoms with E-state index in [0.29, 0.717) is 30.6 Å².